The maximum Gasteiger partial charge on any atom is 0.410 e. The van der Waals surface area contributed by atoms with E-state index in [9.17, 15) is 23.6 Å². The van der Waals surface area contributed by atoms with Crippen LogP contribution in [0.15, 0.2) is 36.7 Å². The Morgan fingerprint density at radius 3 is 2.41 bits per heavy atom. The SMILES string of the molecule is [C-]#[N+]c1ccc(-c2cncc(C(CC(C)=O)CC(=O)[C@@H]3CCCN(C(=O)CCC4CCN(C(=O)OC(C)(C)C)CC4)C3)c2)cc1[18F]. The molecule has 246 valence electrons. The third kappa shape index (κ3) is 9.68. The van der Waals surface area contributed by atoms with Gasteiger partial charge in [-0.3, -0.25) is 14.6 Å². The van der Waals surface area contributed by atoms with E-state index in [1.165, 1.54) is 19.1 Å². The molecule has 0 spiro atoms. The molecule has 46 heavy (non-hydrogen) atoms. The number of hydrogen-bond donors (Lipinski definition) is 0. The molecule has 2 aliphatic rings. The number of piperidine rings is 2. The summed E-state index contributed by atoms with van der Waals surface area (Å²) in [5.41, 5.74) is 1.33. The highest BCUT2D eigenvalue weighted by atomic mass is 18.2. The molecule has 0 N–H and O–H groups in total. The number of carbonyl (C=O) groups excluding carboxylic acids is 4. The Bertz CT molecular complexity index is 1470. The predicted octanol–water partition coefficient (Wildman–Crippen LogP) is 7.13. The molecule has 1 unspecified atom stereocenters. The molecule has 10 heteroatoms. The highest BCUT2D eigenvalue weighted by molar-refractivity contribution is 5.85. The molecule has 2 amide bonds. The third-order valence-corrected chi connectivity index (χ3v) is 8.88. The van der Waals surface area contributed by atoms with Crippen molar-refractivity contribution in [1.29, 1.82) is 0 Å². The lowest BCUT2D eigenvalue weighted by Crippen LogP contribution is -2.43. The summed E-state index contributed by atoms with van der Waals surface area (Å²) in [6.07, 6.45) is 7.56. The molecule has 2 fully saturated rings. The van der Waals surface area contributed by atoms with Crippen LogP contribution in [0, 0.1) is 24.2 Å². The van der Waals surface area contributed by atoms with Crippen molar-refractivity contribution in [3.8, 4) is 11.1 Å². The number of aromatic nitrogens is 1. The molecule has 0 radical (unpaired) electrons. The molecular weight excluding hydrogens is 586 g/mol. The minimum Gasteiger partial charge on any atom is -0.444 e. The number of nitrogens with zero attached hydrogens (tertiary/aromatic N) is 4. The molecule has 0 bridgehead atoms. The Labute approximate surface area is 271 Å². The Kier molecular flexibility index (Phi) is 11.7. The van der Waals surface area contributed by atoms with Crippen molar-refractivity contribution in [3.63, 3.8) is 0 Å². The van der Waals surface area contributed by atoms with Crippen molar-refractivity contribution in [2.75, 3.05) is 26.2 Å². The first-order chi connectivity index (χ1) is 21.8. The van der Waals surface area contributed by atoms with E-state index in [-0.39, 0.29) is 53.9 Å². The largest absolute Gasteiger partial charge is 0.444 e. The minimum atomic E-state index is -0.617. The predicted molar refractivity (Wildman–Crippen MR) is 173 cm³/mol. The average Bonchev–Trinajstić information content (AvgIpc) is 3.02. The molecule has 4 rings (SSSR count). The van der Waals surface area contributed by atoms with Crippen molar-refractivity contribution >= 4 is 29.3 Å². The Hall–Kier alpha value is -4.13. The monoisotopic (exact) mass is 631 g/mol. The average molecular weight is 632 g/mol. The topological polar surface area (TPSA) is 101 Å². The van der Waals surface area contributed by atoms with Crippen LogP contribution < -0.4 is 0 Å². The number of pyridine rings is 1. The van der Waals surface area contributed by atoms with E-state index in [0.717, 1.165) is 31.2 Å². The van der Waals surface area contributed by atoms with Gasteiger partial charge in [-0.1, -0.05) is 12.1 Å². The van der Waals surface area contributed by atoms with Gasteiger partial charge in [0.05, 0.1) is 6.57 Å². The zero-order chi connectivity index (χ0) is 33.4. The molecule has 1 aromatic carbocycles. The summed E-state index contributed by atoms with van der Waals surface area (Å²) >= 11 is 0. The van der Waals surface area contributed by atoms with Crippen LogP contribution in [0.5, 0.6) is 0 Å². The van der Waals surface area contributed by atoms with Crippen LogP contribution in [-0.2, 0) is 19.1 Å². The summed E-state index contributed by atoms with van der Waals surface area (Å²) in [6, 6.07) is 6.20. The van der Waals surface area contributed by atoms with Crippen LogP contribution >= 0.6 is 0 Å². The molecule has 2 atom stereocenters. The second kappa shape index (κ2) is 15.4. The van der Waals surface area contributed by atoms with E-state index in [0.29, 0.717) is 56.1 Å². The molecule has 2 aliphatic heterocycles. The first-order valence-electron chi connectivity index (χ1n) is 16.2. The second-order valence-electron chi connectivity index (χ2n) is 13.7. The van der Waals surface area contributed by atoms with Gasteiger partial charge >= 0.3 is 6.09 Å². The fourth-order valence-electron chi connectivity index (χ4n) is 6.36. The van der Waals surface area contributed by atoms with Crippen LogP contribution in [0.1, 0.15) is 90.5 Å². The fourth-order valence-corrected chi connectivity index (χ4v) is 6.36. The van der Waals surface area contributed by atoms with Crippen molar-refractivity contribution in [2.45, 2.75) is 90.6 Å². The van der Waals surface area contributed by atoms with Gasteiger partial charge in [-0.25, -0.2) is 14.0 Å². The maximum absolute atomic E-state index is 14.3. The molecule has 0 aliphatic carbocycles. The number of rotatable bonds is 10. The van der Waals surface area contributed by atoms with Gasteiger partial charge in [0.2, 0.25) is 11.6 Å². The molecule has 2 saturated heterocycles. The number of ketones is 2. The van der Waals surface area contributed by atoms with Crippen molar-refractivity contribution < 1.29 is 28.3 Å². The quantitative estimate of drug-likeness (QED) is 0.259. The highest BCUT2D eigenvalue weighted by Gasteiger charge is 2.32. The summed E-state index contributed by atoms with van der Waals surface area (Å²) in [4.78, 5) is 62.4. The number of benzene rings is 1. The smallest absolute Gasteiger partial charge is 0.410 e. The summed E-state index contributed by atoms with van der Waals surface area (Å²) < 4.78 is 19.8. The zero-order valence-electron chi connectivity index (χ0n) is 27.4. The highest BCUT2D eigenvalue weighted by Crippen LogP contribution is 2.32. The van der Waals surface area contributed by atoms with Crippen molar-refractivity contribution in [2.24, 2.45) is 11.8 Å². The molecular formula is C36H45FN4O5. The maximum atomic E-state index is 14.3. The van der Waals surface area contributed by atoms with Gasteiger partial charge in [0.1, 0.15) is 23.0 Å². The van der Waals surface area contributed by atoms with Gasteiger partial charge in [0, 0.05) is 69.3 Å². The number of Topliss-reactive ketones (excluding diaryl/α,β-unsaturated/α-hetero) is 2. The normalized spacial score (nSPS) is 18.0. The number of amides is 2. The lowest BCUT2D eigenvalue weighted by molar-refractivity contribution is -0.135. The first kappa shape index (κ1) is 34.7. The standard InChI is InChI=1S/C36H45FN4O5/c1-24(42)17-28(30-18-29(21-39-22-30)26-9-10-32(38-5)31(37)19-26)20-33(43)27-7-6-14-41(23-27)34(44)11-8-25-12-15-40(16-13-25)35(45)46-36(2,3)4/h9-10,18-19,21-22,25,27-28H,6-8,11-17,20,23H2,1-4H3/t27-,28?/m1/s1/i37-1. The number of ether oxygens (including phenoxy) is 1. The van der Waals surface area contributed by atoms with Crippen LogP contribution in [0.25, 0.3) is 16.0 Å². The summed E-state index contributed by atoms with van der Waals surface area (Å²) in [7, 11) is 0. The van der Waals surface area contributed by atoms with Crippen LogP contribution in [0.3, 0.4) is 0 Å². The Balaban J connectivity index is 1.32. The van der Waals surface area contributed by atoms with Gasteiger partial charge in [-0.2, -0.15) is 0 Å². The van der Waals surface area contributed by atoms with Gasteiger partial charge in [-0.05, 0) is 94.9 Å². The summed E-state index contributed by atoms with van der Waals surface area (Å²) in [5.74, 6) is -0.903. The van der Waals surface area contributed by atoms with E-state index in [1.54, 1.807) is 23.4 Å². The molecule has 0 saturated carbocycles. The molecule has 9 nitrogen and oxygen atoms in total. The van der Waals surface area contributed by atoms with Crippen LogP contribution in [0.4, 0.5) is 14.9 Å². The van der Waals surface area contributed by atoms with E-state index in [4.69, 9.17) is 11.3 Å². The number of likely N-dealkylation sites (tertiary alicyclic amines) is 2. The lowest BCUT2D eigenvalue weighted by Gasteiger charge is -2.35. The third-order valence-electron chi connectivity index (χ3n) is 8.88. The second-order valence-corrected chi connectivity index (χ2v) is 13.7. The van der Waals surface area contributed by atoms with Gasteiger partial charge in [0.15, 0.2) is 0 Å². The van der Waals surface area contributed by atoms with E-state index in [1.807, 2.05) is 31.7 Å². The molecule has 2 aromatic rings. The van der Waals surface area contributed by atoms with Crippen LogP contribution in [-0.4, -0.2) is 70.1 Å². The number of hydrogen-bond acceptors (Lipinski definition) is 6. The van der Waals surface area contributed by atoms with Crippen molar-refractivity contribution in [1.82, 2.24) is 14.8 Å². The summed E-state index contributed by atoms with van der Waals surface area (Å²) in [6.45, 7) is 16.4. The Morgan fingerprint density at radius 1 is 1.02 bits per heavy atom. The summed E-state index contributed by atoms with van der Waals surface area (Å²) in [5, 5.41) is 0. The van der Waals surface area contributed by atoms with Crippen molar-refractivity contribution in [3.05, 3.63) is 59.5 Å². The van der Waals surface area contributed by atoms with Crippen LogP contribution in [0.2, 0.25) is 0 Å². The molecule has 1 aromatic heterocycles. The number of halogens is 1. The van der Waals surface area contributed by atoms with Gasteiger partial charge in [0.25, 0.3) is 0 Å². The van der Waals surface area contributed by atoms with E-state index >= 15 is 0 Å². The number of carbonyl (C=O) groups is 4. The van der Waals surface area contributed by atoms with Gasteiger partial charge < -0.3 is 19.3 Å². The van der Waals surface area contributed by atoms with Gasteiger partial charge in [-0.15, -0.1) is 0 Å². The molecule has 3 heterocycles. The van der Waals surface area contributed by atoms with E-state index < -0.39 is 11.4 Å². The van der Waals surface area contributed by atoms with E-state index in [2.05, 4.69) is 9.83 Å². The zero-order valence-corrected chi connectivity index (χ0v) is 27.4. The fraction of sp³-hybridized carbons (Fsp3) is 0.556. The minimum absolute atomic E-state index is 0.0242. The Morgan fingerprint density at radius 2 is 1.76 bits per heavy atom. The lowest BCUT2D eigenvalue weighted by atomic mass is 9.83. The first-order valence-corrected chi connectivity index (χ1v) is 16.2.